The van der Waals surface area contributed by atoms with Crippen LogP contribution >= 0.6 is 0 Å². The van der Waals surface area contributed by atoms with Gasteiger partial charge in [0.2, 0.25) is 0 Å². The normalized spacial score (nSPS) is 10.0. The van der Waals surface area contributed by atoms with E-state index in [0.717, 1.165) is 5.06 Å². The van der Waals surface area contributed by atoms with E-state index in [-0.39, 0.29) is 6.04 Å². The molecule has 60 valence electrons. The lowest BCUT2D eigenvalue weighted by Gasteiger charge is -2.22. The molecule has 0 aromatic carbocycles. The van der Waals surface area contributed by atoms with Gasteiger partial charge in [-0.05, 0) is 20.8 Å². The molecular formula is C6H14N2O2. The highest BCUT2D eigenvalue weighted by Crippen LogP contribution is 1.97. The molecule has 0 radical (unpaired) electrons. The second kappa shape index (κ2) is 4.11. The zero-order chi connectivity index (χ0) is 8.15. The number of hydrogen-bond donors (Lipinski definition) is 1. The fraction of sp³-hybridized carbons (Fsp3) is 0.833. The summed E-state index contributed by atoms with van der Waals surface area (Å²) in [5.74, 6) is 0. The van der Waals surface area contributed by atoms with Crippen LogP contribution in [0.15, 0.2) is 0 Å². The number of carbonyl (C=O) groups is 1. The smallest absolute Gasteiger partial charge is 0.338 e. The van der Waals surface area contributed by atoms with Crippen molar-refractivity contribution in [3.8, 4) is 0 Å². The third kappa shape index (κ3) is 2.68. The Kier molecular flexibility index (Phi) is 3.79. The Hall–Kier alpha value is -0.770. The first-order chi connectivity index (χ1) is 4.59. The lowest BCUT2D eigenvalue weighted by atomic mass is 10.4. The predicted octanol–water partition coefficient (Wildman–Crippen LogP) is 0.727. The van der Waals surface area contributed by atoms with Gasteiger partial charge in [-0.15, -0.1) is 0 Å². The number of nitrogens with two attached hydrogens (primary N) is 1. The van der Waals surface area contributed by atoms with Gasteiger partial charge in [0.25, 0.3) is 0 Å². The third-order valence-corrected chi connectivity index (χ3v) is 0.954. The number of amides is 2. The van der Waals surface area contributed by atoms with E-state index >= 15 is 0 Å². The maximum absolute atomic E-state index is 10.6. The molecule has 0 spiro atoms. The molecule has 0 saturated heterocycles. The molecule has 10 heavy (non-hydrogen) atoms. The van der Waals surface area contributed by atoms with Crippen LogP contribution in [0.3, 0.4) is 0 Å². The molecule has 4 heteroatoms. The minimum Gasteiger partial charge on any atom is -0.350 e. The molecule has 0 aromatic heterocycles. The molecule has 2 N–H and O–H groups in total. The van der Waals surface area contributed by atoms with Crippen molar-refractivity contribution in [2.45, 2.75) is 26.8 Å². The van der Waals surface area contributed by atoms with Crippen molar-refractivity contribution in [2.24, 2.45) is 5.73 Å². The fourth-order valence-corrected chi connectivity index (χ4v) is 0.606. The molecule has 0 aliphatic rings. The fourth-order valence-electron chi connectivity index (χ4n) is 0.606. The van der Waals surface area contributed by atoms with Crippen LogP contribution in [0.4, 0.5) is 4.79 Å². The molecule has 0 rings (SSSR count). The average Bonchev–Trinajstić information content (AvgIpc) is 1.81. The Morgan fingerprint density at radius 3 is 2.30 bits per heavy atom. The van der Waals surface area contributed by atoms with Crippen molar-refractivity contribution < 1.29 is 9.63 Å². The maximum atomic E-state index is 10.6. The maximum Gasteiger partial charge on any atom is 0.338 e. The average molecular weight is 146 g/mol. The molecule has 0 heterocycles. The van der Waals surface area contributed by atoms with Gasteiger partial charge in [-0.25, -0.2) is 9.86 Å². The molecule has 0 saturated carbocycles. The van der Waals surface area contributed by atoms with Crippen LogP contribution in [0, 0.1) is 0 Å². The number of primary amides is 1. The van der Waals surface area contributed by atoms with Gasteiger partial charge in [0.05, 0.1) is 12.6 Å². The Morgan fingerprint density at radius 1 is 1.70 bits per heavy atom. The molecular weight excluding hydrogens is 132 g/mol. The van der Waals surface area contributed by atoms with Crippen LogP contribution in [-0.4, -0.2) is 23.7 Å². The van der Waals surface area contributed by atoms with Crippen molar-refractivity contribution in [2.75, 3.05) is 6.61 Å². The Labute approximate surface area is 60.9 Å². The summed E-state index contributed by atoms with van der Waals surface area (Å²) in [4.78, 5) is 15.5. The number of hydrogen-bond acceptors (Lipinski definition) is 2. The minimum absolute atomic E-state index is 0.00236. The number of carbonyl (C=O) groups excluding carboxylic acids is 1. The molecule has 2 amide bonds. The van der Waals surface area contributed by atoms with Gasteiger partial charge >= 0.3 is 6.03 Å². The van der Waals surface area contributed by atoms with Crippen LogP contribution in [0.1, 0.15) is 20.8 Å². The molecule has 4 nitrogen and oxygen atoms in total. The van der Waals surface area contributed by atoms with Gasteiger partial charge in [-0.2, -0.15) is 0 Å². The molecule has 0 fully saturated rings. The van der Waals surface area contributed by atoms with Crippen LogP contribution in [-0.2, 0) is 4.84 Å². The Bertz CT molecular complexity index is 114. The molecule has 0 aromatic rings. The largest absolute Gasteiger partial charge is 0.350 e. The van der Waals surface area contributed by atoms with Gasteiger partial charge in [-0.1, -0.05) is 0 Å². The van der Waals surface area contributed by atoms with Crippen LogP contribution in [0.2, 0.25) is 0 Å². The van der Waals surface area contributed by atoms with E-state index in [1.807, 2.05) is 13.8 Å². The summed E-state index contributed by atoms with van der Waals surface area (Å²) in [6, 6.07) is -0.547. The highest BCUT2D eigenvalue weighted by atomic mass is 16.7. The molecule has 0 aliphatic heterocycles. The molecule has 0 aliphatic carbocycles. The van der Waals surface area contributed by atoms with Gasteiger partial charge in [0.1, 0.15) is 0 Å². The Morgan fingerprint density at radius 2 is 2.20 bits per heavy atom. The first-order valence-electron chi connectivity index (χ1n) is 3.31. The summed E-state index contributed by atoms with van der Waals surface area (Å²) in [6.45, 7) is 5.93. The van der Waals surface area contributed by atoms with Crippen LogP contribution in [0.25, 0.3) is 0 Å². The molecule has 0 unspecified atom stereocenters. The summed E-state index contributed by atoms with van der Waals surface area (Å²) in [6.07, 6.45) is 0. The van der Waals surface area contributed by atoms with Crippen molar-refractivity contribution in [3.63, 3.8) is 0 Å². The summed E-state index contributed by atoms with van der Waals surface area (Å²) in [5.41, 5.74) is 4.99. The van der Waals surface area contributed by atoms with Crippen molar-refractivity contribution in [1.29, 1.82) is 0 Å². The Balaban J connectivity index is 3.85. The van der Waals surface area contributed by atoms with E-state index in [1.165, 1.54) is 0 Å². The number of urea groups is 1. The van der Waals surface area contributed by atoms with Crippen LogP contribution in [0.5, 0.6) is 0 Å². The summed E-state index contributed by atoms with van der Waals surface area (Å²) in [5, 5.41) is 1.15. The molecule has 0 atom stereocenters. The van der Waals surface area contributed by atoms with Crippen molar-refractivity contribution in [1.82, 2.24) is 5.06 Å². The summed E-state index contributed by atoms with van der Waals surface area (Å²) in [7, 11) is 0. The van der Waals surface area contributed by atoms with E-state index in [1.54, 1.807) is 6.92 Å². The lowest BCUT2D eigenvalue weighted by molar-refractivity contribution is -0.129. The summed E-state index contributed by atoms with van der Waals surface area (Å²) >= 11 is 0. The highest BCUT2D eigenvalue weighted by molar-refractivity contribution is 5.70. The van der Waals surface area contributed by atoms with Crippen LogP contribution < -0.4 is 5.73 Å². The summed E-state index contributed by atoms with van der Waals surface area (Å²) < 4.78 is 0. The standard InChI is InChI=1S/C6H14N2O2/c1-4-10-8(5(2)3)6(7)9/h5H,4H2,1-3H3,(H2,7,9). The zero-order valence-corrected chi connectivity index (χ0v) is 6.63. The lowest BCUT2D eigenvalue weighted by Crippen LogP contribution is -2.40. The van der Waals surface area contributed by atoms with E-state index in [4.69, 9.17) is 10.6 Å². The quantitative estimate of drug-likeness (QED) is 0.596. The van der Waals surface area contributed by atoms with Gasteiger partial charge < -0.3 is 5.73 Å². The van der Waals surface area contributed by atoms with Gasteiger partial charge in [0, 0.05) is 0 Å². The van der Waals surface area contributed by atoms with Crippen molar-refractivity contribution in [3.05, 3.63) is 0 Å². The topological polar surface area (TPSA) is 55.6 Å². The van der Waals surface area contributed by atoms with E-state index in [9.17, 15) is 4.79 Å². The SMILES string of the molecule is CCON(C(N)=O)C(C)C. The number of hydroxylamine groups is 2. The predicted molar refractivity (Wildman–Crippen MR) is 38.2 cm³/mol. The molecule has 0 bridgehead atoms. The second-order valence-electron chi connectivity index (χ2n) is 2.18. The number of nitrogens with zero attached hydrogens (tertiary/aromatic N) is 1. The van der Waals surface area contributed by atoms with Gasteiger partial charge in [-0.3, -0.25) is 4.84 Å². The number of rotatable bonds is 3. The zero-order valence-electron chi connectivity index (χ0n) is 6.63. The second-order valence-corrected chi connectivity index (χ2v) is 2.18. The highest BCUT2D eigenvalue weighted by Gasteiger charge is 2.12. The first-order valence-corrected chi connectivity index (χ1v) is 3.31. The van der Waals surface area contributed by atoms with Crippen molar-refractivity contribution >= 4 is 6.03 Å². The van der Waals surface area contributed by atoms with E-state index < -0.39 is 6.03 Å². The van der Waals surface area contributed by atoms with E-state index in [2.05, 4.69) is 0 Å². The monoisotopic (exact) mass is 146 g/mol. The first kappa shape index (κ1) is 9.23. The van der Waals surface area contributed by atoms with Gasteiger partial charge in [0.15, 0.2) is 0 Å². The third-order valence-electron chi connectivity index (χ3n) is 0.954. The van der Waals surface area contributed by atoms with E-state index in [0.29, 0.717) is 6.61 Å². The minimum atomic E-state index is -0.545.